The molecule has 0 aromatic heterocycles. The van der Waals surface area contributed by atoms with Crippen molar-refractivity contribution in [3.63, 3.8) is 0 Å². The van der Waals surface area contributed by atoms with E-state index in [4.69, 9.17) is 4.74 Å². The van der Waals surface area contributed by atoms with Gasteiger partial charge in [-0.1, -0.05) is 38.1 Å². The molecule has 1 unspecified atom stereocenters. The molecular weight excluding hydrogens is 336 g/mol. The van der Waals surface area contributed by atoms with Crippen LogP contribution in [-0.2, 0) is 11.3 Å². The van der Waals surface area contributed by atoms with Crippen LogP contribution in [0.25, 0.3) is 0 Å². The van der Waals surface area contributed by atoms with Gasteiger partial charge in [0.05, 0.1) is 6.61 Å². The first kappa shape index (κ1) is 19.4. The van der Waals surface area contributed by atoms with Crippen molar-refractivity contribution in [1.29, 1.82) is 0 Å². The van der Waals surface area contributed by atoms with E-state index in [1.807, 2.05) is 17.0 Å². The van der Waals surface area contributed by atoms with Crippen LogP contribution in [0.5, 0.6) is 5.75 Å². The van der Waals surface area contributed by atoms with Gasteiger partial charge in [-0.05, 0) is 54.7 Å². The van der Waals surface area contributed by atoms with E-state index in [-0.39, 0.29) is 11.9 Å². The molecule has 1 fully saturated rings. The quantitative estimate of drug-likeness (QED) is 0.736. The third-order valence-electron chi connectivity index (χ3n) is 4.90. The zero-order valence-corrected chi connectivity index (χ0v) is 16.6. The lowest BCUT2D eigenvalue weighted by molar-refractivity contribution is -0.117. The summed E-state index contributed by atoms with van der Waals surface area (Å²) in [5.41, 5.74) is 3.46. The lowest BCUT2D eigenvalue weighted by Gasteiger charge is -2.18. The van der Waals surface area contributed by atoms with E-state index >= 15 is 0 Å². The molecule has 2 aromatic rings. The third kappa shape index (κ3) is 5.33. The van der Waals surface area contributed by atoms with Gasteiger partial charge in [-0.2, -0.15) is 0 Å². The molecule has 1 aliphatic rings. The van der Waals surface area contributed by atoms with Gasteiger partial charge in [0.25, 0.3) is 0 Å². The van der Waals surface area contributed by atoms with E-state index in [1.165, 1.54) is 11.1 Å². The van der Waals surface area contributed by atoms with Crippen LogP contribution in [-0.4, -0.2) is 19.1 Å². The van der Waals surface area contributed by atoms with E-state index in [9.17, 15) is 4.79 Å². The van der Waals surface area contributed by atoms with Gasteiger partial charge >= 0.3 is 0 Å². The molecule has 4 heteroatoms. The van der Waals surface area contributed by atoms with Crippen molar-refractivity contribution in [2.24, 2.45) is 5.92 Å². The Morgan fingerprint density at radius 1 is 1.04 bits per heavy atom. The highest BCUT2D eigenvalue weighted by Gasteiger charge is 2.21. The van der Waals surface area contributed by atoms with Gasteiger partial charge in [0.2, 0.25) is 5.91 Å². The molecule has 3 rings (SSSR count). The molecule has 144 valence electrons. The molecule has 1 saturated heterocycles. The highest BCUT2D eigenvalue weighted by molar-refractivity contribution is 5.95. The lowest BCUT2D eigenvalue weighted by Crippen LogP contribution is -2.23. The number of nitrogens with zero attached hydrogens (tertiary/aromatic N) is 1. The maximum Gasteiger partial charge on any atom is 0.227 e. The molecule has 1 amide bonds. The first-order chi connectivity index (χ1) is 13.0. The fourth-order valence-corrected chi connectivity index (χ4v) is 3.22. The molecule has 1 aliphatic heterocycles. The molecule has 1 atom stereocenters. The summed E-state index contributed by atoms with van der Waals surface area (Å²) in [5.74, 6) is 1.68. The second-order valence-electron chi connectivity index (χ2n) is 7.69. The normalized spacial score (nSPS) is 15.4. The number of rotatable bonds is 8. The maximum atomic E-state index is 11.9. The Kier molecular flexibility index (Phi) is 6.51. The summed E-state index contributed by atoms with van der Waals surface area (Å²) in [7, 11) is 0. The topological polar surface area (TPSA) is 41.6 Å². The van der Waals surface area contributed by atoms with E-state index in [0.717, 1.165) is 37.6 Å². The first-order valence-electron chi connectivity index (χ1n) is 9.88. The Morgan fingerprint density at radius 3 is 2.33 bits per heavy atom. The fourth-order valence-electron chi connectivity index (χ4n) is 3.22. The number of carbonyl (C=O) groups is 1. The Balaban J connectivity index is 1.51. The molecule has 0 bridgehead atoms. The zero-order valence-electron chi connectivity index (χ0n) is 16.6. The fraction of sp³-hybridized carbons (Fsp3) is 0.435. The minimum absolute atomic E-state index is 0.231. The average Bonchev–Trinajstić information content (AvgIpc) is 3.11. The first-order valence-corrected chi connectivity index (χ1v) is 9.88. The van der Waals surface area contributed by atoms with E-state index in [2.05, 4.69) is 62.5 Å². The van der Waals surface area contributed by atoms with Crippen molar-refractivity contribution < 1.29 is 9.53 Å². The molecule has 2 aromatic carbocycles. The molecule has 0 radical (unpaired) electrons. The maximum absolute atomic E-state index is 11.9. The number of hydrogen-bond acceptors (Lipinski definition) is 3. The molecule has 0 aliphatic carbocycles. The van der Waals surface area contributed by atoms with Crippen LogP contribution in [0.2, 0.25) is 0 Å². The molecule has 0 saturated carbocycles. The van der Waals surface area contributed by atoms with Crippen LogP contribution >= 0.6 is 0 Å². The Bertz CT molecular complexity index is 738. The van der Waals surface area contributed by atoms with Gasteiger partial charge in [-0.3, -0.25) is 4.79 Å². The van der Waals surface area contributed by atoms with Crippen LogP contribution in [0.4, 0.5) is 5.69 Å². The van der Waals surface area contributed by atoms with E-state index < -0.39 is 0 Å². The van der Waals surface area contributed by atoms with Crippen molar-refractivity contribution in [1.82, 2.24) is 5.32 Å². The summed E-state index contributed by atoms with van der Waals surface area (Å²) in [4.78, 5) is 13.7. The molecule has 1 heterocycles. The average molecular weight is 367 g/mol. The van der Waals surface area contributed by atoms with Crippen LogP contribution in [0, 0.1) is 5.92 Å². The lowest BCUT2D eigenvalue weighted by atomic mass is 10.1. The van der Waals surface area contributed by atoms with Crippen molar-refractivity contribution in [3.8, 4) is 5.75 Å². The summed E-state index contributed by atoms with van der Waals surface area (Å²) in [6.45, 7) is 8.84. The molecule has 27 heavy (non-hydrogen) atoms. The second kappa shape index (κ2) is 9.05. The Labute approximate surface area is 162 Å². The van der Waals surface area contributed by atoms with Crippen LogP contribution in [0.15, 0.2) is 48.5 Å². The predicted octanol–water partition coefficient (Wildman–Crippen LogP) is 4.70. The van der Waals surface area contributed by atoms with Gasteiger partial charge in [-0.25, -0.2) is 0 Å². The van der Waals surface area contributed by atoms with Gasteiger partial charge in [0, 0.05) is 31.2 Å². The monoisotopic (exact) mass is 366 g/mol. The van der Waals surface area contributed by atoms with Gasteiger partial charge < -0.3 is 15.0 Å². The summed E-state index contributed by atoms with van der Waals surface area (Å²) in [5, 5.41) is 3.56. The number of carbonyl (C=O) groups excluding carboxylic acids is 1. The number of amides is 1. The smallest absolute Gasteiger partial charge is 0.227 e. The number of benzene rings is 2. The number of anilines is 1. The highest BCUT2D eigenvalue weighted by Crippen LogP contribution is 2.23. The van der Waals surface area contributed by atoms with Gasteiger partial charge in [-0.15, -0.1) is 0 Å². The van der Waals surface area contributed by atoms with Crippen molar-refractivity contribution in [2.75, 3.05) is 18.1 Å². The summed E-state index contributed by atoms with van der Waals surface area (Å²) in [6, 6.07) is 16.9. The summed E-state index contributed by atoms with van der Waals surface area (Å²) >= 11 is 0. The van der Waals surface area contributed by atoms with E-state index in [1.54, 1.807) is 0 Å². The van der Waals surface area contributed by atoms with E-state index in [0.29, 0.717) is 12.3 Å². The third-order valence-corrected chi connectivity index (χ3v) is 4.90. The Hall–Kier alpha value is -2.33. The molecular formula is C23H30N2O2. The van der Waals surface area contributed by atoms with Gasteiger partial charge in [0.1, 0.15) is 5.75 Å². The van der Waals surface area contributed by atoms with Crippen LogP contribution in [0.3, 0.4) is 0 Å². The van der Waals surface area contributed by atoms with Crippen LogP contribution in [0.1, 0.15) is 50.8 Å². The van der Waals surface area contributed by atoms with Crippen molar-refractivity contribution in [2.45, 2.75) is 46.2 Å². The van der Waals surface area contributed by atoms with Crippen molar-refractivity contribution in [3.05, 3.63) is 59.7 Å². The zero-order chi connectivity index (χ0) is 19.2. The minimum atomic E-state index is 0.231. The van der Waals surface area contributed by atoms with Crippen molar-refractivity contribution >= 4 is 11.6 Å². The van der Waals surface area contributed by atoms with Gasteiger partial charge in [0.15, 0.2) is 0 Å². The molecule has 1 N–H and O–H groups in total. The number of ether oxygens (including phenoxy) is 1. The largest absolute Gasteiger partial charge is 0.493 e. The SMILES string of the molecule is CC(C)COc1ccc(CNC(C)c2ccc(N3CCCC3=O)cc2)cc1. The number of hydrogen-bond donors (Lipinski definition) is 1. The second-order valence-corrected chi connectivity index (χ2v) is 7.69. The summed E-state index contributed by atoms with van der Waals surface area (Å²) in [6.07, 6.45) is 1.63. The number of nitrogens with one attached hydrogen (secondary N) is 1. The Morgan fingerprint density at radius 2 is 1.74 bits per heavy atom. The summed E-state index contributed by atoms with van der Waals surface area (Å²) < 4.78 is 5.73. The standard InChI is InChI=1S/C23H30N2O2/c1-17(2)16-27-22-12-6-19(7-13-22)15-24-18(3)20-8-10-21(11-9-20)25-14-4-5-23(25)26/h6-13,17-18,24H,4-5,14-16H2,1-3H3. The minimum Gasteiger partial charge on any atom is -0.493 e. The molecule has 0 spiro atoms. The molecule has 4 nitrogen and oxygen atoms in total. The predicted molar refractivity (Wildman–Crippen MR) is 110 cm³/mol. The van der Waals surface area contributed by atoms with Crippen LogP contribution < -0.4 is 15.0 Å². The highest BCUT2D eigenvalue weighted by atomic mass is 16.5.